The first-order valence-electron chi connectivity index (χ1n) is 9.75. The Kier molecular flexibility index (Phi) is 5.45. The molecular weight excluding hydrogens is 392 g/mol. The number of carbonyl (C=O) groups excluding carboxylic acids is 2. The largest absolute Gasteiger partial charge is 0.497 e. The van der Waals surface area contributed by atoms with Crippen molar-refractivity contribution in [3.63, 3.8) is 0 Å². The second-order valence-corrected chi connectivity index (χ2v) is 6.99. The van der Waals surface area contributed by atoms with E-state index in [9.17, 15) is 9.59 Å². The van der Waals surface area contributed by atoms with Crippen LogP contribution in [-0.2, 0) is 9.59 Å². The number of ether oxygens (including phenoxy) is 2. The molecule has 0 saturated carbocycles. The van der Waals surface area contributed by atoms with Gasteiger partial charge in [-0.25, -0.2) is 4.90 Å². The second-order valence-electron chi connectivity index (χ2n) is 6.99. The van der Waals surface area contributed by atoms with Crippen molar-refractivity contribution in [1.29, 1.82) is 0 Å². The van der Waals surface area contributed by atoms with Crippen LogP contribution in [0.4, 0.5) is 11.4 Å². The molecule has 1 heterocycles. The third-order valence-electron chi connectivity index (χ3n) is 5.25. The van der Waals surface area contributed by atoms with Gasteiger partial charge in [0.05, 0.1) is 25.5 Å². The highest BCUT2D eigenvalue weighted by molar-refractivity contribution is 6.46. The van der Waals surface area contributed by atoms with Crippen LogP contribution in [0.2, 0.25) is 0 Å². The zero-order chi connectivity index (χ0) is 22.0. The summed E-state index contributed by atoms with van der Waals surface area (Å²) in [6.07, 6.45) is 0. The molecule has 0 spiro atoms. The molecule has 0 unspecified atom stereocenters. The number of amides is 2. The summed E-state index contributed by atoms with van der Waals surface area (Å²) in [7, 11) is 4.94. The highest BCUT2D eigenvalue weighted by Gasteiger charge is 2.42. The predicted molar refractivity (Wildman–Crippen MR) is 120 cm³/mol. The van der Waals surface area contributed by atoms with E-state index >= 15 is 0 Å². The minimum atomic E-state index is -0.382. The molecule has 1 aliphatic heterocycles. The molecule has 4 rings (SSSR count). The van der Waals surface area contributed by atoms with Gasteiger partial charge in [0, 0.05) is 12.7 Å². The second kappa shape index (κ2) is 8.36. The van der Waals surface area contributed by atoms with Gasteiger partial charge in [-0.2, -0.15) is 0 Å². The number of rotatable bonds is 6. The molecule has 6 nitrogen and oxygen atoms in total. The molecular formula is C25H22N2O4. The van der Waals surface area contributed by atoms with Crippen LogP contribution in [0.3, 0.4) is 0 Å². The van der Waals surface area contributed by atoms with Crippen molar-refractivity contribution in [2.45, 2.75) is 0 Å². The smallest absolute Gasteiger partial charge is 0.282 e. The van der Waals surface area contributed by atoms with Crippen molar-refractivity contribution in [3.8, 4) is 11.5 Å². The summed E-state index contributed by atoms with van der Waals surface area (Å²) in [5.41, 5.74) is 2.60. The van der Waals surface area contributed by atoms with E-state index in [1.165, 1.54) is 4.90 Å². The van der Waals surface area contributed by atoms with Gasteiger partial charge in [0.15, 0.2) is 0 Å². The molecule has 0 bridgehead atoms. The summed E-state index contributed by atoms with van der Waals surface area (Å²) in [5.74, 6) is 0.560. The van der Waals surface area contributed by atoms with Gasteiger partial charge in [-0.15, -0.1) is 0 Å². The molecule has 0 saturated heterocycles. The lowest BCUT2D eigenvalue weighted by atomic mass is 10.0. The minimum absolute atomic E-state index is 0.317. The Morgan fingerprint density at radius 1 is 0.710 bits per heavy atom. The van der Waals surface area contributed by atoms with Crippen molar-refractivity contribution < 1.29 is 19.1 Å². The Morgan fingerprint density at radius 3 is 1.81 bits per heavy atom. The first-order valence-corrected chi connectivity index (χ1v) is 9.75. The van der Waals surface area contributed by atoms with E-state index in [4.69, 9.17) is 9.47 Å². The van der Waals surface area contributed by atoms with E-state index < -0.39 is 0 Å². The monoisotopic (exact) mass is 414 g/mol. The normalized spacial score (nSPS) is 13.6. The summed E-state index contributed by atoms with van der Waals surface area (Å²) < 4.78 is 10.4. The van der Waals surface area contributed by atoms with Crippen LogP contribution in [-0.4, -0.2) is 33.1 Å². The zero-order valence-electron chi connectivity index (χ0n) is 17.5. The first kappa shape index (κ1) is 20.2. The van der Waals surface area contributed by atoms with E-state index in [0.717, 1.165) is 5.69 Å². The number of carbonyl (C=O) groups is 2. The average molecular weight is 414 g/mol. The summed E-state index contributed by atoms with van der Waals surface area (Å²) >= 11 is 0. The van der Waals surface area contributed by atoms with Crippen molar-refractivity contribution in [2.75, 3.05) is 31.1 Å². The molecule has 6 heteroatoms. The molecule has 0 fully saturated rings. The molecule has 0 radical (unpaired) electrons. The molecule has 31 heavy (non-hydrogen) atoms. The molecule has 0 aliphatic carbocycles. The maximum absolute atomic E-state index is 13.5. The van der Waals surface area contributed by atoms with Crippen molar-refractivity contribution >= 4 is 28.8 Å². The van der Waals surface area contributed by atoms with Crippen LogP contribution in [0, 0.1) is 0 Å². The van der Waals surface area contributed by atoms with E-state index in [1.54, 1.807) is 74.7 Å². The maximum Gasteiger partial charge on any atom is 0.282 e. The fourth-order valence-corrected chi connectivity index (χ4v) is 3.59. The lowest BCUT2D eigenvalue weighted by Gasteiger charge is -2.21. The van der Waals surface area contributed by atoms with Crippen LogP contribution < -0.4 is 19.3 Å². The summed E-state index contributed by atoms with van der Waals surface area (Å²) in [4.78, 5) is 30.0. The van der Waals surface area contributed by atoms with E-state index in [0.29, 0.717) is 34.0 Å². The summed E-state index contributed by atoms with van der Waals surface area (Å²) in [5, 5.41) is 0. The average Bonchev–Trinajstić information content (AvgIpc) is 3.09. The minimum Gasteiger partial charge on any atom is -0.497 e. The van der Waals surface area contributed by atoms with Crippen LogP contribution in [0.5, 0.6) is 11.5 Å². The standard InChI is InChI=1S/C25H22N2O4/c1-26(18-7-5-4-6-8-18)23-22(17-9-13-20(30-2)14-10-17)24(28)27(25(23)29)19-11-15-21(31-3)16-12-19/h4-16H,1-3H3. The number of anilines is 2. The number of hydrogen-bond donors (Lipinski definition) is 0. The van der Waals surface area contributed by atoms with Crippen molar-refractivity contribution in [2.24, 2.45) is 0 Å². The fourth-order valence-electron chi connectivity index (χ4n) is 3.59. The first-order chi connectivity index (χ1) is 15.0. The highest BCUT2D eigenvalue weighted by Crippen LogP contribution is 2.36. The zero-order valence-corrected chi connectivity index (χ0v) is 17.5. The van der Waals surface area contributed by atoms with Gasteiger partial charge in [-0.1, -0.05) is 30.3 Å². The SMILES string of the molecule is COc1ccc(C2=C(N(C)c3ccccc3)C(=O)N(c3ccc(OC)cc3)C2=O)cc1. The van der Waals surface area contributed by atoms with Gasteiger partial charge in [0.25, 0.3) is 11.8 Å². The van der Waals surface area contributed by atoms with Gasteiger partial charge in [-0.05, 0) is 54.1 Å². The molecule has 3 aromatic rings. The molecule has 0 atom stereocenters. The van der Waals surface area contributed by atoms with Gasteiger partial charge < -0.3 is 14.4 Å². The third kappa shape index (κ3) is 3.64. The van der Waals surface area contributed by atoms with Gasteiger partial charge in [-0.3, -0.25) is 9.59 Å². The molecule has 0 aromatic heterocycles. The summed E-state index contributed by atoms with van der Waals surface area (Å²) in [6, 6.07) is 23.4. The van der Waals surface area contributed by atoms with Crippen molar-refractivity contribution in [1.82, 2.24) is 0 Å². The Bertz CT molecular complexity index is 1140. The van der Waals surface area contributed by atoms with Gasteiger partial charge >= 0.3 is 0 Å². The van der Waals surface area contributed by atoms with Crippen LogP contribution in [0.25, 0.3) is 5.57 Å². The Morgan fingerprint density at radius 2 is 1.26 bits per heavy atom. The molecule has 156 valence electrons. The lowest BCUT2D eigenvalue weighted by molar-refractivity contribution is -0.120. The fraction of sp³-hybridized carbons (Fsp3) is 0.120. The highest BCUT2D eigenvalue weighted by atomic mass is 16.5. The number of para-hydroxylation sites is 1. The third-order valence-corrected chi connectivity index (χ3v) is 5.25. The van der Waals surface area contributed by atoms with Gasteiger partial charge in [0.1, 0.15) is 17.2 Å². The Labute approximate surface area is 180 Å². The predicted octanol–water partition coefficient (Wildman–Crippen LogP) is 4.12. The maximum atomic E-state index is 13.5. The molecule has 2 amide bonds. The summed E-state index contributed by atoms with van der Waals surface area (Å²) in [6.45, 7) is 0. The lowest BCUT2D eigenvalue weighted by Crippen LogP contribution is -2.34. The molecule has 3 aromatic carbocycles. The van der Waals surface area contributed by atoms with Gasteiger partial charge in [0.2, 0.25) is 0 Å². The number of methoxy groups -OCH3 is 2. The van der Waals surface area contributed by atoms with E-state index in [2.05, 4.69) is 0 Å². The number of nitrogens with zero attached hydrogens (tertiary/aromatic N) is 2. The number of imide groups is 1. The number of benzene rings is 3. The van der Waals surface area contributed by atoms with Crippen molar-refractivity contribution in [3.05, 3.63) is 90.1 Å². The number of likely N-dealkylation sites (N-methyl/N-ethyl adjacent to an activating group) is 1. The van der Waals surface area contributed by atoms with E-state index in [1.807, 2.05) is 30.3 Å². The quantitative estimate of drug-likeness (QED) is 0.568. The van der Waals surface area contributed by atoms with E-state index in [-0.39, 0.29) is 11.8 Å². The van der Waals surface area contributed by atoms with Crippen LogP contribution in [0.15, 0.2) is 84.6 Å². The molecule has 0 N–H and O–H groups in total. The Balaban J connectivity index is 1.83. The number of hydrogen-bond acceptors (Lipinski definition) is 5. The molecule has 1 aliphatic rings. The van der Waals surface area contributed by atoms with Crippen LogP contribution in [0.1, 0.15) is 5.56 Å². The van der Waals surface area contributed by atoms with Crippen LogP contribution >= 0.6 is 0 Å². The topological polar surface area (TPSA) is 59.1 Å². The Hall–Kier alpha value is -4.06.